The molecular weight excluding hydrogens is 270 g/mol. The van der Waals surface area contributed by atoms with Crippen LogP contribution in [0.1, 0.15) is 48.0 Å². The fraction of sp³-hybridized carbons (Fsp3) is 0.500. The van der Waals surface area contributed by atoms with Crippen LogP contribution in [-0.4, -0.2) is 30.6 Å². The highest BCUT2D eigenvalue weighted by atomic mass is 16.5. The predicted octanol–water partition coefficient (Wildman–Crippen LogP) is 2.60. The van der Waals surface area contributed by atoms with Gasteiger partial charge in [-0.25, -0.2) is 0 Å². The van der Waals surface area contributed by atoms with Crippen LogP contribution in [0, 0.1) is 0 Å². The Morgan fingerprint density at radius 3 is 2.38 bits per heavy atom. The van der Waals surface area contributed by atoms with E-state index >= 15 is 0 Å². The number of rotatable bonds is 10. The number of carbonyl (C=O) groups excluding carboxylic acids is 1. The lowest BCUT2D eigenvalue weighted by atomic mass is 10.1. The molecule has 116 valence electrons. The van der Waals surface area contributed by atoms with Crippen molar-refractivity contribution in [2.24, 2.45) is 0 Å². The average molecular weight is 293 g/mol. The molecule has 1 aromatic rings. The first-order valence-corrected chi connectivity index (χ1v) is 7.21. The minimum atomic E-state index is -0.750. The number of hydrogen-bond donors (Lipinski definition) is 2. The summed E-state index contributed by atoms with van der Waals surface area (Å²) in [6.07, 6.45) is 3.60. The third-order valence-electron chi connectivity index (χ3n) is 3.13. The molecule has 5 nitrogen and oxygen atoms in total. The quantitative estimate of drug-likeness (QED) is 0.650. The maximum absolute atomic E-state index is 11.9. The van der Waals surface area contributed by atoms with Crippen molar-refractivity contribution in [3.8, 4) is 0 Å². The minimum Gasteiger partial charge on any atom is -0.481 e. The van der Waals surface area contributed by atoms with Crippen LogP contribution in [0.5, 0.6) is 0 Å². The fourth-order valence-electron chi connectivity index (χ4n) is 1.98. The second-order valence-electron chi connectivity index (χ2n) is 4.94. The molecular formula is C16H23NO4. The SMILES string of the molecule is COCc1ccc(C(=O)NCCCCCCC(=O)O)cc1. The summed E-state index contributed by atoms with van der Waals surface area (Å²) in [6, 6.07) is 7.34. The van der Waals surface area contributed by atoms with Gasteiger partial charge in [0.15, 0.2) is 0 Å². The third kappa shape index (κ3) is 7.46. The zero-order chi connectivity index (χ0) is 15.5. The van der Waals surface area contributed by atoms with Crippen LogP contribution in [0.2, 0.25) is 0 Å². The molecule has 0 fully saturated rings. The van der Waals surface area contributed by atoms with Gasteiger partial charge in [-0.05, 0) is 30.5 Å². The molecule has 0 unspecified atom stereocenters. The number of nitrogens with one attached hydrogen (secondary N) is 1. The molecule has 5 heteroatoms. The number of carboxylic acids is 1. The van der Waals surface area contributed by atoms with Gasteiger partial charge in [-0.2, -0.15) is 0 Å². The number of carbonyl (C=O) groups is 2. The molecule has 0 heterocycles. The van der Waals surface area contributed by atoms with E-state index in [1.54, 1.807) is 19.2 Å². The number of hydrogen-bond acceptors (Lipinski definition) is 3. The van der Waals surface area contributed by atoms with Gasteiger partial charge < -0.3 is 15.2 Å². The van der Waals surface area contributed by atoms with E-state index in [-0.39, 0.29) is 12.3 Å². The molecule has 0 bridgehead atoms. The number of benzene rings is 1. The smallest absolute Gasteiger partial charge is 0.303 e. The van der Waals surface area contributed by atoms with Gasteiger partial charge in [0.2, 0.25) is 0 Å². The van der Waals surface area contributed by atoms with Gasteiger partial charge >= 0.3 is 5.97 Å². The van der Waals surface area contributed by atoms with E-state index in [0.717, 1.165) is 24.8 Å². The van der Waals surface area contributed by atoms with Crippen molar-refractivity contribution in [2.45, 2.75) is 38.7 Å². The van der Waals surface area contributed by atoms with Crippen molar-refractivity contribution in [1.82, 2.24) is 5.32 Å². The largest absolute Gasteiger partial charge is 0.481 e. The van der Waals surface area contributed by atoms with Crippen LogP contribution in [0.4, 0.5) is 0 Å². The van der Waals surface area contributed by atoms with E-state index in [1.807, 2.05) is 12.1 Å². The molecule has 0 aliphatic carbocycles. The van der Waals surface area contributed by atoms with Gasteiger partial charge in [-0.3, -0.25) is 9.59 Å². The molecule has 0 atom stereocenters. The van der Waals surface area contributed by atoms with Gasteiger partial charge in [0.1, 0.15) is 0 Å². The molecule has 1 amide bonds. The Hall–Kier alpha value is -1.88. The van der Waals surface area contributed by atoms with E-state index in [2.05, 4.69) is 5.32 Å². The first kappa shape index (κ1) is 17.2. The van der Waals surface area contributed by atoms with E-state index in [9.17, 15) is 9.59 Å². The summed E-state index contributed by atoms with van der Waals surface area (Å²) in [6.45, 7) is 1.16. The number of carboxylic acid groups (broad SMARTS) is 1. The van der Waals surface area contributed by atoms with E-state index in [1.165, 1.54) is 0 Å². The first-order chi connectivity index (χ1) is 10.1. The molecule has 0 saturated heterocycles. The summed E-state index contributed by atoms with van der Waals surface area (Å²) in [5, 5.41) is 11.4. The highest BCUT2D eigenvalue weighted by molar-refractivity contribution is 5.94. The Balaban J connectivity index is 2.17. The van der Waals surface area contributed by atoms with E-state index in [4.69, 9.17) is 9.84 Å². The van der Waals surface area contributed by atoms with Gasteiger partial charge in [-0.15, -0.1) is 0 Å². The molecule has 2 N–H and O–H groups in total. The van der Waals surface area contributed by atoms with Crippen LogP contribution in [0.25, 0.3) is 0 Å². The fourth-order valence-corrected chi connectivity index (χ4v) is 1.98. The van der Waals surface area contributed by atoms with E-state index in [0.29, 0.717) is 25.1 Å². The Kier molecular flexibility index (Phi) is 8.12. The summed E-state index contributed by atoms with van der Waals surface area (Å²) >= 11 is 0. The lowest BCUT2D eigenvalue weighted by Crippen LogP contribution is -2.24. The molecule has 0 aliphatic rings. The lowest BCUT2D eigenvalue weighted by molar-refractivity contribution is -0.137. The molecule has 1 rings (SSSR count). The van der Waals surface area contributed by atoms with Crippen molar-refractivity contribution >= 4 is 11.9 Å². The second kappa shape index (κ2) is 9.94. The number of ether oxygens (including phenoxy) is 1. The predicted molar refractivity (Wildman–Crippen MR) is 80.2 cm³/mol. The summed E-state index contributed by atoms with van der Waals surface area (Å²) in [4.78, 5) is 22.2. The van der Waals surface area contributed by atoms with Crippen LogP contribution >= 0.6 is 0 Å². The average Bonchev–Trinajstić information content (AvgIpc) is 2.47. The van der Waals surface area contributed by atoms with Crippen molar-refractivity contribution in [3.63, 3.8) is 0 Å². The maximum atomic E-state index is 11.9. The minimum absolute atomic E-state index is 0.0792. The highest BCUT2D eigenvalue weighted by Gasteiger charge is 2.04. The summed E-state index contributed by atoms with van der Waals surface area (Å²) in [7, 11) is 1.64. The molecule has 21 heavy (non-hydrogen) atoms. The summed E-state index contributed by atoms with van der Waals surface area (Å²) in [5.41, 5.74) is 1.67. The number of unbranched alkanes of at least 4 members (excludes halogenated alkanes) is 3. The topological polar surface area (TPSA) is 75.6 Å². The Bertz CT molecular complexity index is 442. The number of aliphatic carboxylic acids is 1. The molecule has 0 aliphatic heterocycles. The standard InChI is InChI=1S/C16H23NO4/c1-21-12-13-7-9-14(10-8-13)16(20)17-11-5-3-2-4-6-15(18)19/h7-10H,2-6,11-12H2,1H3,(H,17,20)(H,18,19). The van der Waals surface area contributed by atoms with Gasteiger partial charge in [0.25, 0.3) is 5.91 Å². The first-order valence-electron chi connectivity index (χ1n) is 7.21. The maximum Gasteiger partial charge on any atom is 0.303 e. The molecule has 1 aromatic carbocycles. The van der Waals surface area contributed by atoms with Crippen molar-refractivity contribution in [1.29, 1.82) is 0 Å². The monoisotopic (exact) mass is 293 g/mol. The van der Waals surface area contributed by atoms with Crippen LogP contribution in [-0.2, 0) is 16.1 Å². The van der Waals surface area contributed by atoms with Crippen LogP contribution in [0.3, 0.4) is 0 Å². The summed E-state index contributed by atoms with van der Waals surface area (Å²) < 4.78 is 5.02. The summed E-state index contributed by atoms with van der Waals surface area (Å²) in [5.74, 6) is -0.829. The number of amides is 1. The zero-order valence-electron chi connectivity index (χ0n) is 12.4. The zero-order valence-corrected chi connectivity index (χ0v) is 12.4. The molecule has 0 spiro atoms. The third-order valence-corrected chi connectivity index (χ3v) is 3.13. The van der Waals surface area contributed by atoms with Gasteiger partial charge in [0.05, 0.1) is 6.61 Å². The Morgan fingerprint density at radius 2 is 1.76 bits per heavy atom. The number of methoxy groups -OCH3 is 1. The highest BCUT2D eigenvalue weighted by Crippen LogP contribution is 2.06. The Morgan fingerprint density at radius 1 is 1.10 bits per heavy atom. The van der Waals surface area contributed by atoms with Crippen molar-refractivity contribution in [3.05, 3.63) is 35.4 Å². The van der Waals surface area contributed by atoms with Crippen LogP contribution in [0.15, 0.2) is 24.3 Å². The van der Waals surface area contributed by atoms with E-state index < -0.39 is 5.97 Å². The molecule has 0 aromatic heterocycles. The normalized spacial score (nSPS) is 10.3. The van der Waals surface area contributed by atoms with Gasteiger partial charge in [0, 0.05) is 25.6 Å². The lowest BCUT2D eigenvalue weighted by Gasteiger charge is -2.06. The molecule has 0 saturated carbocycles. The van der Waals surface area contributed by atoms with Gasteiger partial charge in [-0.1, -0.05) is 25.0 Å². The van der Waals surface area contributed by atoms with Crippen molar-refractivity contribution < 1.29 is 19.4 Å². The van der Waals surface area contributed by atoms with Crippen molar-refractivity contribution in [2.75, 3.05) is 13.7 Å². The second-order valence-corrected chi connectivity index (χ2v) is 4.94. The van der Waals surface area contributed by atoms with Crippen LogP contribution < -0.4 is 5.32 Å². The molecule has 0 radical (unpaired) electrons. The Labute approximate surface area is 125 Å².